The summed E-state index contributed by atoms with van der Waals surface area (Å²) in [5, 5.41) is 3.43. The number of hydrogen-bond donors (Lipinski definition) is 1. The minimum Gasteiger partial charge on any atom is -0.314 e. The summed E-state index contributed by atoms with van der Waals surface area (Å²) in [4.78, 5) is 0. The fourth-order valence-corrected chi connectivity index (χ4v) is 4.69. The van der Waals surface area contributed by atoms with E-state index in [1.165, 1.54) is 0 Å². The van der Waals surface area contributed by atoms with Crippen LogP contribution in [-0.2, 0) is 10.0 Å². The van der Waals surface area contributed by atoms with E-state index < -0.39 is 10.0 Å². The summed E-state index contributed by atoms with van der Waals surface area (Å²) in [6.45, 7) is 12.4. The van der Waals surface area contributed by atoms with Gasteiger partial charge in [-0.15, -0.1) is 0 Å². The summed E-state index contributed by atoms with van der Waals surface area (Å²) in [7, 11) is -3.11. The second-order valence-corrected chi connectivity index (χ2v) is 8.57. The largest absolute Gasteiger partial charge is 0.314 e. The van der Waals surface area contributed by atoms with Crippen molar-refractivity contribution in [3.63, 3.8) is 0 Å². The Labute approximate surface area is 112 Å². The third kappa shape index (κ3) is 4.52. The Hall–Kier alpha value is -0.130. The zero-order valence-electron chi connectivity index (χ0n) is 12.4. The number of nitrogens with one attached hydrogen (secondary N) is 1. The first-order valence-corrected chi connectivity index (χ1v) is 8.48. The number of sulfonamides is 1. The predicted octanol–water partition coefficient (Wildman–Crippen LogP) is 1.68. The Bertz CT molecular complexity index is 360. The van der Waals surface area contributed by atoms with Crippen LogP contribution < -0.4 is 5.32 Å². The third-order valence-electron chi connectivity index (χ3n) is 3.34. The maximum atomic E-state index is 12.3. The molecule has 1 heterocycles. The smallest absolute Gasteiger partial charge is 0.214 e. The van der Waals surface area contributed by atoms with E-state index in [4.69, 9.17) is 0 Å². The molecule has 0 radical (unpaired) electrons. The molecule has 18 heavy (non-hydrogen) atoms. The SMILES string of the molecule is CCNC1CCN(S(=O)(=O)CC(C)(C)C)CC1C. The molecule has 0 aromatic rings. The Morgan fingerprint density at radius 2 is 1.94 bits per heavy atom. The van der Waals surface area contributed by atoms with E-state index in [0.29, 0.717) is 25.0 Å². The van der Waals surface area contributed by atoms with Crippen molar-refractivity contribution in [3.8, 4) is 0 Å². The number of piperidine rings is 1. The van der Waals surface area contributed by atoms with Crippen LogP contribution in [0.3, 0.4) is 0 Å². The van der Waals surface area contributed by atoms with Crippen molar-refractivity contribution < 1.29 is 8.42 Å². The monoisotopic (exact) mass is 276 g/mol. The van der Waals surface area contributed by atoms with Gasteiger partial charge in [0.1, 0.15) is 0 Å². The van der Waals surface area contributed by atoms with Crippen molar-refractivity contribution in [3.05, 3.63) is 0 Å². The van der Waals surface area contributed by atoms with Crippen LogP contribution in [0.4, 0.5) is 0 Å². The van der Waals surface area contributed by atoms with Crippen molar-refractivity contribution in [2.45, 2.75) is 47.1 Å². The molecule has 5 heteroatoms. The van der Waals surface area contributed by atoms with Crippen molar-refractivity contribution in [1.82, 2.24) is 9.62 Å². The highest BCUT2D eigenvalue weighted by atomic mass is 32.2. The van der Waals surface area contributed by atoms with E-state index in [2.05, 4.69) is 19.2 Å². The third-order valence-corrected chi connectivity index (χ3v) is 5.69. The van der Waals surface area contributed by atoms with Crippen LogP contribution in [0.2, 0.25) is 0 Å². The predicted molar refractivity (Wildman–Crippen MR) is 76.1 cm³/mol. The first-order valence-electron chi connectivity index (χ1n) is 6.87. The highest BCUT2D eigenvalue weighted by molar-refractivity contribution is 7.89. The molecule has 1 N–H and O–H groups in total. The molecule has 0 aromatic carbocycles. The molecule has 1 aliphatic rings. The lowest BCUT2D eigenvalue weighted by molar-refractivity contribution is 0.220. The molecule has 0 saturated carbocycles. The van der Waals surface area contributed by atoms with Gasteiger partial charge in [0.25, 0.3) is 0 Å². The molecule has 2 atom stereocenters. The van der Waals surface area contributed by atoms with Crippen LogP contribution >= 0.6 is 0 Å². The summed E-state index contributed by atoms with van der Waals surface area (Å²) in [6.07, 6.45) is 0.915. The molecular formula is C13H28N2O2S. The van der Waals surface area contributed by atoms with Crippen molar-refractivity contribution >= 4 is 10.0 Å². The van der Waals surface area contributed by atoms with Gasteiger partial charge in [-0.1, -0.05) is 34.6 Å². The highest BCUT2D eigenvalue weighted by Gasteiger charge is 2.34. The Kier molecular flexibility index (Phi) is 5.21. The van der Waals surface area contributed by atoms with Crippen molar-refractivity contribution in [2.24, 2.45) is 11.3 Å². The Morgan fingerprint density at radius 1 is 1.33 bits per heavy atom. The second-order valence-electron chi connectivity index (χ2n) is 6.61. The molecule has 1 fully saturated rings. The van der Waals surface area contributed by atoms with E-state index in [1.807, 2.05) is 20.8 Å². The van der Waals surface area contributed by atoms with E-state index in [0.717, 1.165) is 13.0 Å². The molecule has 0 aromatic heterocycles. The standard InChI is InChI=1S/C13H28N2O2S/c1-6-14-12-7-8-15(9-11(12)2)18(16,17)10-13(3,4)5/h11-12,14H,6-10H2,1-5H3. The minimum absolute atomic E-state index is 0.180. The van der Waals surface area contributed by atoms with E-state index in [9.17, 15) is 8.42 Å². The van der Waals surface area contributed by atoms with Crippen LogP contribution in [0.25, 0.3) is 0 Å². The molecule has 2 unspecified atom stereocenters. The zero-order chi connectivity index (χ0) is 14.0. The van der Waals surface area contributed by atoms with Crippen LogP contribution in [0.5, 0.6) is 0 Å². The van der Waals surface area contributed by atoms with Gasteiger partial charge in [0.05, 0.1) is 5.75 Å². The van der Waals surface area contributed by atoms with Gasteiger partial charge < -0.3 is 5.32 Å². The number of rotatable bonds is 4. The molecule has 0 aliphatic carbocycles. The fourth-order valence-electron chi connectivity index (χ4n) is 2.56. The Morgan fingerprint density at radius 3 is 2.39 bits per heavy atom. The van der Waals surface area contributed by atoms with Gasteiger partial charge >= 0.3 is 0 Å². The maximum Gasteiger partial charge on any atom is 0.214 e. The molecule has 108 valence electrons. The maximum absolute atomic E-state index is 12.3. The summed E-state index contributed by atoms with van der Waals surface area (Å²) in [5.41, 5.74) is -0.180. The van der Waals surface area contributed by atoms with Crippen molar-refractivity contribution in [1.29, 1.82) is 0 Å². The summed E-state index contributed by atoms with van der Waals surface area (Å²) >= 11 is 0. The number of hydrogen-bond acceptors (Lipinski definition) is 3. The van der Waals surface area contributed by atoms with E-state index in [1.54, 1.807) is 4.31 Å². The van der Waals surface area contributed by atoms with Gasteiger partial charge in [0.2, 0.25) is 10.0 Å². The van der Waals surface area contributed by atoms with E-state index in [-0.39, 0.29) is 11.2 Å². The Balaban J connectivity index is 2.65. The molecule has 1 aliphatic heterocycles. The van der Waals surface area contributed by atoms with Crippen LogP contribution in [-0.4, -0.2) is 44.2 Å². The van der Waals surface area contributed by atoms with Gasteiger partial charge in [-0.3, -0.25) is 0 Å². The molecule has 1 rings (SSSR count). The normalized spacial score (nSPS) is 27.4. The summed E-state index contributed by atoms with van der Waals surface area (Å²) < 4.78 is 26.3. The highest BCUT2D eigenvalue weighted by Crippen LogP contribution is 2.24. The molecule has 1 saturated heterocycles. The van der Waals surface area contributed by atoms with Crippen LogP contribution in [0.1, 0.15) is 41.0 Å². The van der Waals surface area contributed by atoms with Gasteiger partial charge in [-0.25, -0.2) is 12.7 Å². The molecule has 0 spiro atoms. The van der Waals surface area contributed by atoms with Crippen molar-refractivity contribution in [2.75, 3.05) is 25.4 Å². The molecule has 0 amide bonds. The average Bonchev–Trinajstić information content (AvgIpc) is 2.17. The van der Waals surface area contributed by atoms with Gasteiger partial charge in [0.15, 0.2) is 0 Å². The van der Waals surface area contributed by atoms with Gasteiger partial charge in [-0.2, -0.15) is 0 Å². The summed E-state index contributed by atoms with van der Waals surface area (Å²) in [6, 6.07) is 0.455. The number of nitrogens with zero attached hydrogens (tertiary/aromatic N) is 1. The lowest BCUT2D eigenvalue weighted by atomic mass is 9.95. The molecular weight excluding hydrogens is 248 g/mol. The fraction of sp³-hybridized carbons (Fsp3) is 1.00. The first-order chi connectivity index (χ1) is 8.15. The zero-order valence-corrected chi connectivity index (χ0v) is 13.2. The van der Waals surface area contributed by atoms with Crippen LogP contribution in [0, 0.1) is 11.3 Å². The minimum atomic E-state index is -3.11. The first kappa shape index (κ1) is 15.9. The molecule has 4 nitrogen and oxygen atoms in total. The van der Waals surface area contributed by atoms with Gasteiger partial charge in [-0.05, 0) is 24.3 Å². The average molecular weight is 276 g/mol. The van der Waals surface area contributed by atoms with E-state index >= 15 is 0 Å². The topological polar surface area (TPSA) is 49.4 Å². The molecule has 0 bridgehead atoms. The quantitative estimate of drug-likeness (QED) is 0.850. The lowest BCUT2D eigenvalue weighted by Gasteiger charge is -2.37. The van der Waals surface area contributed by atoms with Gasteiger partial charge in [0, 0.05) is 19.1 Å². The summed E-state index contributed by atoms with van der Waals surface area (Å²) in [5.74, 6) is 0.618. The van der Waals surface area contributed by atoms with Crippen LogP contribution in [0.15, 0.2) is 0 Å². The second kappa shape index (κ2) is 5.88. The lowest BCUT2D eigenvalue weighted by Crippen LogP contribution is -2.51.